The van der Waals surface area contributed by atoms with E-state index in [0.717, 1.165) is 11.1 Å². The van der Waals surface area contributed by atoms with Crippen molar-refractivity contribution in [1.29, 1.82) is 0 Å². The molecule has 0 bridgehead atoms. The van der Waals surface area contributed by atoms with Gasteiger partial charge < -0.3 is 9.84 Å². The maximum Gasteiger partial charge on any atom is 0.115 e. The lowest BCUT2D eigenvalue weighted by Gasteiger charge is -2.16. The van der Waals surface area contributed by atoms with Crippen molar-refractivity contribution in [3.63, 3.8) is 0 Å². The first-order chi connectivity index (χ1) is 7.81. The number of hydrogen-bond donors (Lipinski definition) is 1. The predicted octanol–water partition coefficient (Wildman–Crippen LogP) is 3.13. The van der Waals surface area contributed by atoms with Gasteiger partial charge in [0.05, 0.1) is 0 Å². The molecule has 2 rings (SSSR count). The molecule has 1 unspecified atom stereocenters. The Hall–Kier alpha value is -1.80. The molecule has 1 atom stereocenters. The third kappa shape index (κ3) is 2.23. The largest absolute Gasteiger partial charge is 0.508 e. The molecule has 2 aromatic carbocycles. The van der Waals surface area contributed by atoms with E-state index in [4.69, 9.17) is 4.74 Å². The molecule has 0 aliphatic carbocycles. The summed E-state index contributed by atoms with van der Waals surface area (Å²) in [6, 6.07) is 17.1. The third-order valence-corrected chi connectivity index (χ3v) is 2.53. The molecule has 0 fully saturated rings. The molecule has 0 aliphatic rings. The van der Waals surface area contributed by atoms with Gasteiger partial charge in [-0.15, -0.1) is 0 Å². The lowest BCUT2D eigenvalue weighted by atomic mass is 10.0. The van der Waals surface area contributed by atoms with Crippen molar-refractivity contribution >= 4 is 0 Å². The Labute approximate surface area is 95.1 Å². The number of aromatic hydroxyl groups is 1. The molecule has 2 aromatic rings. The normalized spacial score (nSPS) is 12.3. The molecular formula is C14H14O2. The highest BCUT2D eigenvalue weighted by molar-refractivity contribution is 5.33. The minimum atomic E-state index is -0.0817. The number of ether oxygens (including phenoxy) is 1. The minimum absolute atomic E-state index is 0.0817. The van der Waals surface area contributed by atoms with Gasteiger partial charge in [-0.05, 0) is 23.3 Å². The molecule has 0 heterocycles. The van der Waals surface area contributed by atoms with Crippen molar-refractivity contribution in [2.75, 3.05) is 7.11 Å². The van der Waals surface area contributed by atoms with Crippen LogP contribution in [-0.2, 0) is 4.74 Å². The molecule has 82 valence electrons. The molecule has 0 spiro atoms. The fraction of sp³-hybridized carbons (Fsp3) is 0.143. The van der Waals surface area contributed by atoms with E-state index in [1.165, 1.54) is 0 Å². The molecule has 16 heavy (non-hydrogen) atoms. The number of hydrogen-bond acceptors (Lipinski definition) is 2. The second-order valence-electron chi connectivity index (χ2n) is 3.62. The number of phenols is 1. The first kappa shape index (κ1) is 10.7. The van der Waals surface area contributed by atoms with Gasteiger partial charge in [0, 0.05) is 7.11 Å². The van der Waals surface area contributed by atoms with E-state index in [0.29, 0.717) is 0 Å². The third-order valence-electron chi connectivity index (χ3n) is 2.53. The second kappa shape index (κ2) is 4.81. The van der Waals surface area contributed by atoms with E-state index in [-0.39, 0.29) is 11.9 Å². The Morgan fingerprint density at radius 3 is 2.00 bits per heavy atom. The quantitative estimate of drug-likeness (QED) is 0.850. The van der Waals surface area contributed by atoms with Gasteiger partial charge in [-0.2, -0.15) is 0 Å². The van der Waals surface area contributed by atoms with Gasteiger partial charge in [0.25, 0.3) is 0 Å². The molecule has 2 heteroatoms. The fourth-order valence-corrected chi connectivity index (χ4v) is 1.74. The summed E-state index contributed by atoms with van der Waals surface area (Å²) in [5.74, 6) is 0.270. The Morgan fingerprint density at radius 2 is 1.44 bits per heavy atom. The Balaban J connectivity index is 2.33. The molecule has 1 N–H and O–H groups in total. The zero-order valence-corrected chi connectivity index (χ0v) is 9.13. The van der Waals surface area contributed by atoms with E-state index in [2.05, 4.69) is 0 Å². The summed E-state index contributed by atoms with van der Waals surface area (Å²) >= 11 is 0. The SMILES string of the molecule is COC(c1ccccc1)c1ccc(O)cc1. The molecule has 0 saturated heterocycles. The van der Waals surface area contributed by atoms with Crippen molar-refractivity contribution in [3.8, 4) is 5.75 Å². The standard InChI is InChI=1S/C14H14O2/c1-16-14(11-5-3-2-4-6-11)12-7-9-13(15)10-8-12/h2-10,14-15H,1H3. The summed E-state index contributed by atoms with van der Waals surface area (Å²) in [6.07, 6.45) is -0.0817. The van der Waals surface area contributed by atoms with Crippen molar-refractivity contribution in [2.24, 2.45) is 0 Å². The lowest BCUT2D eigenvalue weighted by molar-refractivity contribution is 0.136. The molecule has 0 amide bonds. The molecule has 0 aromatic heterocycles. The zero-order valence-electron chi connectivity index (χ0n) is 9.13. The van der Waals surface area contributed by atoms with E-state index in [1.807, 2.05) is 42.5 Å². The molecular weight excluding hydrogens is 200 g/mol. The van der Waals surface area contributed by atoms with Crippen LogP contribution in [0.1, 0.15) is 17.2 Å². The van der Waals surface area contributed by atoms with Crippen LogP contribution in [0.4, 0.5) is 0 Å². The number of benzene rings is 2. The monoisotopic (exact) mass is 214 g/mol. The van der Waals surface area contributed by atoms with Gasteiger partial charge in [-0.1, -0.05) is 42.5 Å². The van der Waals surface area contributed by atoms with Crippen LogP contribution >= 0.6 is 0 Å². The number of methoxy groups -OCH3 is 1. The summed E-state index contributed by atoms with van der Waals surface area (Å²) in [7, 11) is 1.69. The van der Waals surface area contributed by atoms with E-state index in [9.17, 15) is 5.11 Å². The van der Waals surface area contributed by atoms with Crippen LogP contribution in [0.15, 0.2) is 54.6 Å². The first-order valence-electron chi connectivity index (χ1n) is 5.18. The zero-order chi connectivity index (χ0) is 11.4. The van der Waals surface area contributed by atoms with Gasteiger partial charge in [-0.25, -0.2) is 0 Å². The maximum absolute atomic E-state index is 9.24. The highest BCUT2D eigenvalue weighted by atomic mass is 16.5. The van der Waals surface area contributed by atoms with Gasteiger partial charge in [-0.3, -0.25) is 0 Å². The van der Waals surface area contributed by atoms with E-state index in [1.54, 1.807) is 19.2 Å². The summed E-state index contributed by atoms with van der Waals surface area (Å²) < 4.78 is 5.48. The highest BCUT2D eigenvalue weighted by Gasteiger charge is 2.12. The van der Waals surface area contributed by atoms with Crippen LogP contribution in [0.25, 0.3) is 0 Å². The van der Waals surface area contributed by atoms with Crippen molar-refractivity contribution in [1.82, 2.24) is 0 Å². The lowest BCUT2D eigenvalue weighted by Crippen LogP contribution is -2.02. The number of phenolic OH excluding ortho intramolecular Hbond substituents is 1. The van der Waals surface area contributed by atoms with Crippen molar-refractivity contribution in [2.45, 2.75) is 6.10 Å². The highest BCUT2D eigenvalue weighted by Crippen LogP contribution is 2.26. The summed E-state index contributed by atoms with van der Waals surface area (Å²) in [5.41, 5.74) is 2.14. The van der Waals surface area contributed by atoms with Crippen LogP contribution in [0.3, 0.4) is 0 Å². The predicted molar refractivity (Wildman–Crippen MR) is 63.4 cm³/mol. The van der Waals surface area contributed by atoms with E-state index < -0.39 is 0 Å². The van der Waals surface area contributed by atoms with Crippen LogP contribution in [0.2, 0.25) is 0 Å². The second-order valence-corrected chi connectivity index (χ2v) is 3.62. The Bertz CT molecular complexity index is 434. The fourth-order valence-electron chi connectivity index (χ4n) is 1.74. The Kier molecular flexibility index (Phi) is 3.22. The van der Waals surface area contributed by atoms with Crippen LogP contribution < -0.4 is 0 Å². The van der Waals surface area contributed by atoms with E-state index >= 15 is 0 Å². The molecule has 2 nitrogen and oxygen atoms in total. The average Bonchev–Trinajstić information content (AvgIpc) is 2.34. The Morgan fingerprint density at radius 1 is 0.875 bits per heavy atom. The van der Waals surface area contributed by atoms with Gasteiger partial charge in [0.15, 0.2) is 0 Å². The maximum atomic E-state index is 9.24. The van der Waals surface area contributed by atoms with Crippen molar-refractivity contribution in [3.05, 3.63) is 65.7 Å². The summed E-state index contributed by atoms with van der Waals surface area (Å²) in [6.45, 7) is 0. The smallest absolute Gasteiger partial charge is 0.115 e. The van der Waals surface area contributed by atoms with Crippen molar-refractivity contribution < 1.29 is 9.84 Å². The van der Waals surface area contributed by atoms with Gasteiger partial charge >= 0.3 is 0 Å². The minimum Gasteiger partial charge on any atom is -0.508 e. The summed E-state index contributed by atoms with van der Waals surface area (Å²) in [4.78, 5) is 0. The first-order valence-corrected chi connectivity index (χ1v) is 5.18. The van der Waals surface area contributed by atoms with Crippen LogP contribution in [-0.4, -0.2) is 12.2 Å². The molecule has 0 aliphatic heterocycles. The van der Waals surface area contributed by atoms with Crippen LogP contribution in [0.5, 0.6) is 5.75 Å². The van der Waals surface area contributed by atoms with Gasteiger partial charge in [0.2, 0.25) is 0 Å². The number of rotatable bonds is 3. The van der Waals surface area contributed by atoms with Crippen LogP contribution in [0, 0.1) is 0 Å². The molecule has 0 radical (unpaired) electrons. The molecule has 0 saturated carbocycles. The summed E-state index contributed by atoms with van der Waals surface area (Å²) in [5, 5.41) is 9.24. The average molecular weight is 214 g/mol. The topological polar surface area (TPSA) is 29.5 Å². The van der Waals surface area contributed by atoms with Gasteiger partial charge in [0.1, 0.15) is 11.9 Å².